The summed E-state index contributed by atoms with van der Waals surface area (Å²) in [5.74, 6) is -0.676. The first kappa shape index (κ1) is 23.6. The normalized spacial score (nSPS) is 17.5. The summed E-state index contributed by atoms with van der Waals surface area (Å²) in [6.45, 7) is 5.86. The van der Waals surface area contributed by atoms with E-state index >= 15 is 0 Å². The fraction of sp³-hybridized carbons (Fsp3) is 0.333. The van der Waals surface area contributed by atoms with Crippen LogP contribution in [0.25, 0.3) is 22.2 Å². The first-order valence-corrected chi connectivity index (χ1v) is 12.1. The largest absolute Gasteiger partial charge is 0.444 e. The molecular weight excluding hydrogens is 458 g/mol. The topological polar surface area (TPSA) is 116 Å². The van der Waals surface area contributed by atoms with Crippen LogP contribution >= 0.6 is 0 Å². The zero-order chi connectivity index (χ0) is 25.4. The number of carbonyl (C=O) groups excluding carboxylic acids is 3. The molecule has 1 fully saturated rings. The summed E-state index contributed by atoms with van der Waals surface area (Å²) in [6, 6.07) is 12.6. The Labute approximate surface area is 208 Å². The van der Waals surface area contributed by atoms with Crippen molar-refractivity contribution in [2.75, 3.05) is 11.9 Å². The van der Waals surface area contributed by atoms with Crippen LogP contribution in [0.3, 0.4) is 0 Å². The van der Waals surface area contributed by atoms with E-state index in [1.54, 1.807) is 39.1 Å². The highest BCUT2D eigenvalue weighted by Gasteiger charge is 2.35. The molecule has 3 N–H and O–H groups in total. The van der Waals surface area contributed by atoms with Gasteiger partial charge in [0, 0.05) is 28.7 Å². The van der Waals surface area contributed by atoms with Crippen molar-refractivity contribution < 1.29 is 19.1 Å². The maximum Gasteiger partial charge on any atom is 0.410 e. The molecule has 3 aromatic rings. The van der Waals surface area contributed by atoms with Crippen LogP contribution in [0.1, 0.15) is 56.0 Å². The average molecular weight is 488 g/mol. The van der Waals surface area contributed by atoms with E-state index in [-0.39, 0.29) is 11.8 Å². The molecule has 1 unspecified atom stereocenters. The number of rotatable bonds is 3. The van der Waals surface area contributed by atoms with Crippen LogP contribution in [-0.4, -0.2) is 52.2 Å². The molecule has 1 saturated heterocycles. The lowest BCUT2D eigenvalue weighted by molar-refractivity contribution is -0.122. The van der Waals surface area contributed by atoms with Gasteiger partial charge in [0.2, 0.25) is 5.91 Å². The zero-order valence-corrected chi connectivity index (χ0v) is 20.6. The molecule has 2 aliphatic rings. The molecule has 0 aliphatic carbocycles. The van der Waals surface area contributed by atoms with Gasteiger partial charge in [0.05, 0.1) is 17.5 Å². The van der Waals surface area contributed by atoms with Crippen molar-refractivity contribution in [2.45, 2.75) is 51.7 Å². The summed E-state index contributed by atoms with van der Waals surface area (Å²) in [4.78, 5) is 43.8. The molecule has 0 bridgehead atoms. The Morgan fingerprint density at radius 3 is 2.67 bits per heavy atom. The molecule has 1 atom stereocenters. The van der Waals surface area contributed by atoms with Gasteiger partial charge in [-0.1, -0.05) is 30.3 Å². The molecule has 3 heterocycles. The quantitative estimate of drug-likeness (QED) is 0.499. The summed E-state index contributed by atoms with van der Waals surface area (Å²) in [5.41, 5.74) is 6.03. The first-order chi connectivity index (χ1) is 17.2. The van der Waals surface area contributed by atoms with Crippen molar-refractivity contribution in [3.05, 3.63) is 53.6 Å². The van der Waals surface area contributed by atoms with Crippen molar-refractivity contribution in [3.63, 3.8) is 0 Å². The number of aromatic amines is 1. The smallest absolute Gasteiger partial charge is 0.410 e. The Hall–Kier alpha value is -4.14. The predicted octanol–water partition coefficient (Wildman–Crippen LogP) is 4.64. The van der Waals surface area contributed by atoms with Gasteiger partial charge < -0.3 is 15.0 Å². The number of anilines is 1. The highest BCUT2D eigenvalue weighted by molar-refractivity contribution is 6.18. The molecule has 2 aromatic carbocycles. The number of aromatic nitrogens is 1. The van der Waals surface area contributed by atoms with Crippen LogP contribution in [-0.2, 0) is 9.53 Å². The van der Waals surface area contributed by atoms with E-state index in [2.05, 4.69) is 20.8 Å². The lowest BCUT2D eigenvalue weighted by atomic mass is 10.0. The van der Waals surface area contributed by atoms with Crippen LogP contribution in [0.15, 0.2) is 47.6 Å². The van der Waals surface area contributed by atoms with Crippen LogP contribution in [0.2, 0.25) is 0 Å². The Morgan fingerprint density at radius 2 is 1.92 bits per heavy atom. The maximum absolute atomic E-state index is 13.3. The number of amides is 3. The molecular formula is C27H29N5O4. The summed E-state index contributed by atoms with van der Waals surface area (Å²) in [5, 5.41) is 7.75. The number of H-pyrrole nitrogens is 1. The lowest BCUT2D eigenvalue weighted by Gasteiger charge is -2.35. The van der Waals surface area contributed by atoms with Crippen molar-refractivity contribution in [1.29, 1.82) is 0 Å². The number of benzene rings is 2. The number of nitrogens with zero attached hydrogens (tertiary/aromatic N) is 2. The molecule has 3 amide bonds. The minimum atomic E-state index is -0.654. The molecule has 1 aromatic heterocycles. The van der Waals surface area contributed by atoms with Gasteiger partial charge in [0.25, 0.3) is 5.91 Å². The summed E-state index contributed by atoms with van der Waals surface area (Å²) in [7, 11) is 0. The molecule has 9 nitrogen and oxygen atoms in total. The number of piperidine rings is 1. The highest BCUT2D eigenvalue weighted by Crippen LogP contribution is 2.34. The monoisotopic (exact) mass is 487 g/mol. The molecule has 0 spiro atoms. The first-order valence-electron chi connectivity index (χ1n) is 12.1. The van der Waals surface area contributed by atoms with E-state index in [0.29, 0.717) is 29.7 Å². The van der Waals surface area contributed by atoms with E-state index in [1.807, 2.05) is 30.3 Å². The summed E-state index contributed by atoms with van der Waals surface area (Å²) < 4.78 is 5.53. The van der Waals surface area contributed by atoms with Gasteiger partial charge in [-0.15, -0.1) is 0 Å². The van der Waals surface area contributed by atoms with Gasteiger partial charge in [0.1, 0.15) is 11.6 Å². The Bertz CT molecular complexity index is 1370. The SMILES string of the molecule is CC(C)(C)OC(=O)N1CCCCC1C(=O)Nc1cc2c3c(c(-c4ccccc4)[nH]c3c1)C=NNC2=O. The molecule has 186 valence electrons. The number of hydrogen-bond acceptors (Lipinski definition) is 5. The van der Waals surface area contributed by atoms with Crippen LogP contribution in [0, 0.1) is 0 Å². The second-order valence-corrected chi connectivity index (χ2v) is 10.1. The third-order valence-corrected chi connectivity index (χ3v) is 6.30. The van der Waals surface area contributed by atoms with E-state index < -0.39 is 17.7 Å². The number of hydrazone groups is 1. The fourth-order valence-corrected chi connectivity index (χ4v) is 4.76. The Balaban J connectivity index is 1.49. The third-order valence-electron chi connectivity index (χ3n) is 6.30. The zero-order valence-electron chi connectivity index (χ0n) is 20.6. The van der Waals surface area contributed by atoms with Crippen LogP contribution in [0.4, 0.5) is 10.5 Å². The second-order valence-electron chi connectivity index (χ2n) is 10.1. The van der Waals surface area contributed by atoms with Crippen molar-refractivity contribution in [1.82, 2.24) is 15.3 Å². The maximum atomic E-state index is 13.3. The molecule has 5 rings (SSSR count). The number of carbonyl (C=O) groups is 3. The number of likely N-dealkylation sites (tertiary alicyclic amines) is 1. The number of nitrogens with one attached hydrogen (secondary N) is 3. The van der Waals surface area contributed by atoms with Crippen LogP contribution < -0.4 is 10.7 Å². The number of ether oxygens (including phenoxy) is 1. The number of hydrogen-bond donors (Lipinski definition) is 3. The van der Waals surface area contributed by atoms with E-state index in [0.717, 1.165) is 35.0 Å². The standard InChI is InChI=1S/C27H29N5O4/c1-27(2,3)36-26(35)32-12-8-7-11-21(32)25(34)29-17-13-18-22-19(15-28-31-24(18)33)23(30-20(22)14-17)16-9-5-4-6-10-16/h4-6,9-10,13-15,21,30H,7-8,11-12H2,1-3H3,(H,29,34)(H,31,33). The second kappa shape index (κ2) is 9.14. The molecule has 9 heteroatoms. The summed E-state index contributed by atoms with van der Waals surface area (Å²) in [6.07, 6.45) is 3.32. The molecule has 0 saturated carbocycles. The van der Waals surface area contributed by atoms with Gasteiger partial charge in [-0.05, 0) is 57.7 Å². The Kier molecular flexibility index (Phi) is 5.99. The van der Waals surface area contributed by atoms with E-state index in [4.69, 9.17) is 4.74 Å². The van der Waals surface area contributed by atoms with Gasteiger partial charge >= 0.3 is 6.09 Å². The molecule has 0 radical (unpaired) electrons. The van der Waals surface area contributed by atoms with Crippen molar-refractivity contribution in [3.8, 4) is 11.3 Å². The van der Waals surface area contributed by atoms with Gasteiger partial charge in [-0.3, -0.25) is 14.5 Å². The molecule has 36 heavy (non-hydrogen) atoms. The fourth-order valence-electron chi connectivity index (χ4n) is 4.76. The van der Waals surface area contributed by atoms with Crippen molar-refractivity contribution in [2.24, 2.45) is 5.10 Å². The van der Waals surface area contributed by atoms with Crippen LogP contribution in [0.5, 0.6) is 0 Å². The summed E-state index contributed by atoms with van der Waals surface area (Å²) >= 11 is 0. The van der Waals surface area contributed by atoms with E-state index in [1.165, 1.54) is 4.90 Å². The van der Waals surface area contributed by atoms with Gasteiger partial charge in [-0.2, -0.15) is 5.10 Å². The third kappa shape index (κ3) is 4.56. The average Bonchev–Trinajstić information content (AvgIpc) is 3.12. The van der Waals surface area contributed by atoms with Gasteiger partial charge in [-0.25, -0.2) is 10.2 Å². The highest BCUT2D eigenvalue weighted by atomic mass is 16.6. The van der Waals surface area contributed by atoms with Gasteiger partial charge in [0.15, 0.2) is 0 Å². The lowest BCUT2D eigenvalue weighted by Crippen LogP contribution is -2.51. The van der Waals surface area contributed by atoms with Crippen molar-refractivity contribution >= 4 is 40.7 Å². The molecule has 2 aliphatic heterocycles. The van der Waals surface area contributed by atoms with E-state index in [9.17, 15) is 14.4 Å². The Morgan fingerprint density at radius 1 is 1.14 bits per heavy atom. The predicted molar refractivity (Wildman–Crippen MR) is 138 cm³/mol. The minimum absolute atomic E-state index is 0.313. The minimum Gasteiger partial charge on any atom is -0.444 e.